The molecule has 0 aromatic carbocycles. The molecular weight excluding hydrogens is 226 g/mol. The van der Waals surface area contributed by atoms with Crippen molar-refractivity contribution in [2.45, 2.75) is 13.0 Å². The molecule has 0 saturated heterocycles. The lowest BCUT2D eigenvalue weighted by Crippen LogP contribution is -2.30. The smallest absolute Gasteiger partial charge is 0.0674 e. The summed E-state index contributed by atoms with van der Waals surface area (Å²) < 4.78 is 5.18. The van der Waals surface area contributed by atoms with Crippen LogP contribution in [0.4, 0.5) is 5.69 Å². The number of methoxy groups -OCH3 is 1. The van der Waals surface area contributed by atoms with Crippen LogP contribution >= 0.6 is 0 Å². The van der Waals surface area contributed by atoms with Gasteiger partial charge >= 0.3 is 0 Å². The predicted molar refractivity (Wildman–Crippen MR) is 73.8 cm³/mol. The third-order valence-corrected chi connectivity index (χ3v) is 3.23. The fourth-order valence-corrected chi connectivity index (χ4v) is 2.29. The molecule has 0 radical (unpaired) electrons. The van der Waals surface area contributed by atoms with E-state index in [4.69, 9.17) is 4.74 Å². The summed E-state index contributed by atoms with van der Waals surface area (Å²) in [6, 6.07) is 2.08. The number of aromatic nitrogens is 1. The van der Waals surface area contributed by atoms with Crippen LogP contribution in [0.2, 0.25) is 0 Å². The van der Waals surface area contributed by atoms with Gasteiger partial charge in [0.1, 0.15) is 0 Å². The Balaban J connectivity index is 2.09. The molecule has 1 aromatic rings. The van der Waals surface area contributed by atoms with Crippen LogP contribution in [-0.4, -0.2) is 38.8 Å². The van der Waals surface area contributed by atoms with E-state index < -0.39 is 0 Å². The van der Waals surface area contributed by atoms with Gasteiger partial charge in [0.2, 0.25) is 0 Å². The second-order valence-electron chi connectivity index (χ2n) is 4.53. The zero-order valence-electron chi connectivity index (χ0n) is 11.1. The standard InChI is InChI=1S/C14H21N3O/c1-15-9-13-3-6-16-10-14(13)17-7-4-12(5-8-17)11-18-2/h3-4,6,10,15H,5,7-9,11H2,1-2H3. The Morgan fingerprint density at radius 3 is 3.06 bits per heavy atom. The van der Waals surface area contributed by atoms with Gasteiger partial charge in [-0.25, -0.2) is 0 Å². The first-order valence-electron chi connectivity index (χ1n) is 6.34. The van der Waals surface area contributed by atoms with Crippen molar-refractivity contribution in [1.29, 1.82) is 0 Å². The molecule has 1 N–H and O–H groups in total. The summed E-state index contributed by atoms with van der Waals surface area (Å²) in [5, 5.41) is 3.20. The molecule has 0 spiro atoms. The highest BCUT2D eigenvalue weighted by molar-refractivity contribution is 5.53. The number of hydrogen-bond donors (Lipinski definition) is 1. The Bertz CT molecular complexity index is 417. The van der Waals surface area contributed by atoms with Crippen LogP contribution in [0.1, 0.15) is 12.0 Å². The molecule has 18 heavy (non-hydrogen) atoms. The Morgan fingerprint density at radius 1 is 1.50 bits per heavy atom. The third kappa shape index (κ3) is 3.09. The molecule has 4 nitrogen and oxygen atoms in total. The van der Waals surface area contributed by atoms with Crippen molar-refractivity contribution >= 4 is 5.69 Å². The largest absolute Gasteiger partial charge is 0.380 e. The summed E-state index contributed by atoms with van der Waals surface area (Å²) in [7, 11) is 3.72. The molecule has 0 amide bonds. The van der Waals surface area contributed by atoms with E-state index in [0.717, 1.165) is 32.7 Å². The van der Waals surface area contributed by atoms with Gasteiger partial charge in [0.25, 0.3) is 0 Å². The van der Waals surface area contributed by atoms with Crippen LogP contribution in [0.3, 0.4) is 0 Å². The van der Waals surface area contributed by atoms with E-state index in [1.165, 1.54) is 16.8 Å². The topological polar surface area (TPSA) is 37.4 Å². The van der Waals surface area contributed by atoms with E-state index in [1.807, 2.05) is 19.4 Å². The monoisotopic (exact) mass is 247 g/mol. The van der Waals surface area contributed by atoms with Crippen LogP contribution in [0.15, 0.2) is 30.1 Å². The highest BCUT2D eigenvalue weighted by Crippen LogP contribution is 2.22. The molecule has 1 aromatic heterocycles. The van der Waals surface area contributed by atoms with Gasteiger partial charge in [-0.1, -0.05) is 6.08 Å². The summed E-state index contributed by atoms with van der Waals surface area (Å²) in [5.41, 5.74) is 3.93. The van der Waals surface area contributed by atoms with Crippen LogP contribution in [-0.2, 0) is 11.3 Å². The number of rotatable bonds is 5. The first-order valence-corrected chi connectivity index (χ1v) is 6.34. The van der Waals surface area contributed by atoms with Gasteiger partial charge in [0.15, 0.2) is 0 Å². The first-order chi connectivity index (χ1) is 8.85. The highest BCUT2D eigenvalue weighted by atomic mass is 16.5. The molecule has 2 rings (SSSR count). The quantitative estimate of drug-likeness (QED) is 0.802. The zero-order valence-corrected chi connectivity index (χ0v) is 11.1. The van der Waals surface area contributed by atoms with Gasteiger partial charge in [0, 0.05) is 32.9 Å². The lowest BCUT2D eigenvalue weighted by Gasteiger charge is -2.29. The van der Waals surface area contributed by atoms with E-state index in [9.17, 15) is 0 Å². The molecule has 0 aliphatic carbocycles. The maximum absolute atomic E-state index is 5.18. The summed E-state index contributed by atoms with van der Waals surface area (Å²) in [4.78, 5) is 6.62. The molecule has 0 bridgehead atoms. The Morgan fingerprint density at radius 2 is 2.39 bits per heavy atom. The van der Waals surface area contributed by atoms with Crippen LogP contribution < -0.4 is 10.2 Å². The van der Waals surface area contributed by atoms with Gasteiger partial charge in [0.05, 0.1) is 18.5 Å². The van der Waals surface area contributed by atoms with Gasteiger partial charge in [-0.2, -0.15) is 0 Å². The second kappa shape index (κ2) is 6.52. The van der Waals surface area contributed by atoms with Gasteiger partial charge < -0.3 is 15.0 Å². The molecule has 0 fully saturated rings. The summed E-state index contributed by atoms with van der Waals surface area (Å²) in [6.07, 6.45) is 7.15. The van der Waals surface area contributed by atoms with Crippen molar-refractivity contribution in [2.24, 2.45) is 0 Å². The Hall–Kier alpha value is -1.39. The van der Waals surface area contributed by atoms with E-state index in [2.05, 4.69) is 27.3 Å². The van der Waals surface area contributed by atoms with Crippen LogP contribution in [0.5, 0.6) is 0 Å². The summed E-state index contributed by atoms with van der Waals surface area (Å²) >= 11 is 0. The number of nitrogens with one attached hydrogen (secondary N) is 1. The number of pyridine rings is 1. The maximum atomic E-state index is 5.18. The lowest BCUT2D eigenvalue weighted by atomic mass is 10.1. The van der Waals surface area contributed by atoms with E-state index >= 15 is 0 Å². The summed E-state index contributed by atoms with van der Waals surface area (Å²) in [6.45, 7) is 3.62. The van der Waals surface area contributed by atoms with Gasteiger partial charge in [-0.3, -0.25) is 4.98 Å². The van der Waals surface area contributed by atoms with E-state index in [-0.39, 0.29) is 0 Å². The van der Waals surface area contributed by atoms with Crippen molar-refractivity contribution in [3.8, 4) is 0 Å². The number of ether oxygens (including phenoxy) is 1. The Kier molecular flexibility index (Phi) is 4.73. The third-order valence-electron chi connectivity index (χ3n) is 3.23. The molecular formula is C14H21N3O. The SMILES string of the molecule is CNCc1ccncc1N1CC=C(COC)CC1. The van der Waals surface area contributed by atoms with Crippen LogP contribution in [0.25, 0.3) is 0 Å². The lowest BCUT2D eigenvalue weighted by molar-refractivity contribution is 0.222. The number of anilines is 1. The average Bonchev–Trinajstić information content (AvgIpc) is 2.41. The first kappa shape index (κ1) is 13.1. The van der Waals surface area contributed by atoms with Gasteiger partial charge in [-0.05, 0) is 30.7 Å². The highest BCUT2D eigenvalue weighted by Gasteiger charge is 2.14. The normalized spacial score (nSPS) is 15.7. The number of hydrogen-bond acceptors (Lipinski definition) is 4. The molecule has 2 heterocycles. The van der Waals surface area contributed by atoms with E-state index in [0.29, 0.717) is 0 Å². The average molecular weight is 247 g/mol. The molecule has 4 heteroatoms. The van der Waals surface area contributed by atoms with Crippen molar-refractivity contribution in [1.82, 2.24) is 10.3 Å². The van der Waals surface area contributed by atoms with Crippen molar-refractivity contribution in [3.05, 3.63) is 35.7 Å². The minimum absolute atomic E-state index is 0.754. The number of nitrogens with zero attached hydrogens (tertiary/aromatic N) is 2. The minimum Gasteiger partial charge on any atom is -0.380 e. The molecule has 0 saturated carbocycles. The molecule has 0 unspecified atom stereocenters. The molecule has 0 atom stereocenters. The van der Waals surface area contributed by atoms with Gasteiger partial charge in [-0.15, -0.1) is 0 Å². The molecule has 1 aliphatic rings. The molecule has 1 aliphatic heterocycles. The molecule has 98 valence electrons. The fraction of sp³-hybridized carbons (Fsp3) is 0.500. The summed E-state index contributed by atoms with van der Waals surface area (Å²) in [5.74, 6) is 0. The second-order valence-corrected chi connectivity index (χ2v) is 4.53. The predicted octanol–water partition coefficient (Wildman–Crippen LogP) is 1.58. The zero-order chi connectivity index (χ0) is 12.8. The van der Waals surface area contributed by atoms with E-state index in [1.54, 1.807) is 7.11 Å². The maximum Gasteiger partial charge on any atom is 0.0674 e. The Labute approximate surface area is 109 Å². The van der Waals surface area contributed by atoms with Crippen molar-refractivity contribution in [2.75, 3.05) is 38.8 Å². The fourth-order valence-electron chi connectivity index (χ4n) is 2.29. The van der Waals surface area contributed by atoms with Crippen molar-refractivity contribution in [3.63, 3.8) is 0 Å². The minimum atomic E-state index is 0.754. The van der Waals surface area contributed by atoms with Crippen LogP contribution in [0, 0.1) is 0 Å². The van der Waals surface area contributed by atoms with Crippen molar-refractivity contribution < 1.29 is 4.74 Å².